The summed E-state index contributed by atoms with van der Waals surface area (Å²) in [5, 5.41) is 5.12. The molecule has 1 aliphatic carbocycles. The third-order valence-corrected chi connectivity index (χ3v) is 5.10. The molecule has 3 aromatic rings. The first-order chi connectivity index (χ1) is 11.6. The largest absolute Gasteiger partial charge is 0.357 e. The fourth-order valence-corrected chi connectivity index (χ4v) is 3.86. The van der Waals surface area contributed by atoms with Gasteiger partial charge in [0.25, 0.3) is 0 Å². The Morgan fingerprint density at radius 2 is 2.17 bits per heavy atom. The molecule has 1 aliphatic rings. The lowest BCUT2D eigenvalue weighted by molar-refractivity contribution is 0.446. The molecule has 0 unspecified atom stereocenters. The van der Waals surface area contributed by atoms with Gasteiger partial charge < -0.3 is 19.8 Å². The standard InChI is InChI=1S/C19H25N5/c1-23(2)19-21-12-13(24(19)3)11-20-17-10-6-8-15-14-7-4-5-9-16(14)22-18(15)17/h4-5,7,9,12,17,20,22H,6,8,10-11H2,1-3H3/t17-/m0/s1. The molecule has 1 atom stereocenters. The summed E-state index contributed by atoms with van der Waals surface area (Å²) in [7, 11) is 6.13. The number of hydrogen-bond donors (Lipinski definition) is 2. The van der Waals surface area contributed by atoms with E-state index in [9.17, 15) is 0 Å². The quantitative estimate of drug-likeness (QED) is 0.775. The van der Waals surface area contributed by atoms with Crippen LogP contribution >= 0.6 is 0 Å². The van der Waals surface area contributed by atoms with Crippen molar-refractivity contribution in [3.8, 4) is 0 Å². The Morgan fingerprint density at radius 1 is 1.33 bits per heavy atom. The summed E-state index contributed by atoms with van der Waals surface area (Å²) in [5.41, 5.74) is 5.33. The van der Waals surface area contributed by atoms with Gasteiger partial charge in [0.05, 0.1) is 11.9 Å². The van der Waals surface area contributed by atoms with Gasteiger partial charge in [0, 0.05) is 50.3 Å². The monoisotopic (exact) mass is 323 g/mol. The number of aromatic nitrogens is 3. The molecule has 0 fully saturated rings. The van der Waals surface area contributed by atoms with Crippen molar-refractivity contribution in [1.82, 2.24) is 19.9 Å². The van der Waals surface area contributed by atoms with Crippen molar-refractivity contribution in [3.63, 3.8) is 0 Å². The van der Waals surface area contributed by atoms with E-state index in [0.717, 1.165) is 12.5 Å². The van der Waals surface area contributed by atoms with Crippen LogP contribution in [0.2, 0.25) is 0 Å². The number of H-pyrrole nitrogens is 1. The number of fused-ring (bicyclic) bond motifs is 3. The minimum Gasteiger partial charge on any atom is -0.357 e. The van der Waals surface area contributed by atoms with Crippen molar-refractivity contribution >= 4 is 16.9 Å². The molecule has 2 N–H and O–H groups in total. The van der Waals surface area contributed by atoms with Gasteiger partial charge in [-0.05, 0) is 30.9 Å². The second-order valence-electron chi connectivity index (χ2n) is 6.89. The molecule has 5 nitrogen and oxygen atoms in total. The highest BCUT2D eigenvalue weighted by Gasteiger charge is 2.24. The Bertz CT molecular complexity index is 858. The molecule has 0 bridgehead atoms. The average molecular weight is 323 g/mol. The summed E-state index contributed by atoms with van der Waals surface area (Å²) in [5.74, 6) is 0.988. The van der Waals surface area contributed by atoms with Crippen LogP contribution in [-0.2, 0) is 20.0 Å². The summed E-state index contributed by atoms with van der Waals surface area (Å²) in [6.45, 7) is 0.830. The second kappa shape index (κ2) is 5.98. The molecule has 0 aliphatic heterocycles. The van der Waals surface area contributed by atoms with E-state index in [2.05, 4.69) is 51.2 Å². The van der Waals surface area contributed by atoms with Crippen molar-refractivity contribution in [1.29, 1.82) is 0 Å². The third-order valence-electron chi connectivity index (χ3n) is 5.10. The molecular formula is C19H25N5. The van der Waals surface area contributed by atoms with Crippen LogP contribution in [0.5, 0.6) is 0 Å². The van der Waals surface area contributed by atoms with E-state index < -0.39 is 0 Å². The molecule has 2 heterocycles. The first-order valence-corrected chi connectivity index (χ1v) is 8.66. The summed E-state index contributed by atoms with van der Waals surface area (Å²) < 4.78 is 2.15. The summed E-state index contributed by atoms with van der Waals surface area (Å²) in [4.78, 5) is 10.2. The molecule has 0 saturated carbocycles. The first kappa shape index (κ1) is 15.3. The minimum atomic E-state index is 0.388. The summed E-state index contributed by atoms with van der Waals surface area (Å²) in [6.07, 6.45) is 5.56. The van der Waals surface area contributed by atoms with Crippen molar-refractivity contribution in [2.45, 2.75) is 31.8 Å². The summed E-state index contributed by atoms with van der Waals surface area (Å²) in [6, 6.07) is 9.03. The molecule has 0 spiro atoms. The lowest BCUT2D eigenvalue weighted by atomic mass is 9.91. The van der Waals surface area contributed by atoms with Gasteiger partial charge in [-0.15, -0.1) is 0 Å². The molecule has 1 aromatic carbocycles. The van der Waals surface area contributed by atoms with E-state index in [0.29, 0.717) is 6.04 Å². The Balaban J connectivity index is 1.57. The maximum absolute atomic E-state index is 4.50. The maximum atomic E-state index is 4.50. The highest BCUT2D eigenvalue weighted by Crippen LogP contribution is 2.34. The van der Waals surface area contributed by atoms with E-state index in [1.807, 2.05) is 25.2 Å². The SMILES string of the molecule is CN(C)c1ncc(CN[C@H]2CCCc3c2[nH]c2ccccc32)n1C. The lowest BCUT2D eigenvalue weighted by Gasteiger charge is -2.24. The second-order valence-corrected chi connectivity index (χ2v) is 6.89. The number of rotatable bonds is 4. The maximum Gasteiger partial charge on any atom is 0.204 e. The number of imidazole rings is 1. The Hall–Kier alpha value is -2.27. The number of hydrogen-bond acceptors (Lipinski definition) is 3. The summed E-state index contributed by atoms with van der Waals surface area (Å²) >= 11 is 0. The number of aryl methyl sites for hydroxylation is 1. The van der Waals surface area contributed by atoms with Crippen molar-refractivity contribution in [2.24, 2.45) is 7.05 Å². The smallest absolute Gasteiger partial charge is 0.204 e. The fraction of sp³-hybridized carbons (Fsp3) is 0.421. The fourth-order valence-electron chi connectivity index (χ4n) is 3.86. The number of nitrogens with one attached hydrogen (secondary N) is 2. The van der Waals surface area contributed by atoms with Gasteiger partial charge in [-0.2, -0.15) is 0 Å². The number of aromatic amines is 1. The average Bonchev–Trinajstić information content (AvgIpc) is 3.14. The number of benzene rings is 1. The molecular weight excluding hydrogens is 298 g/mol. The topological polar surface area (TPSA) is 48.9 Å². The van der Waals surface area contributed by atoms with Gasteiger partial charge >= 0.3 is 0 Å². The van der Waals surface area contributed by atoms with E-state index in [4.69, 9.17) is 0 Å². The predicted molar refractivity (Wildman–Crippen MR) is 98.4 cm³/mol. The van der Waals surface area contributed by atoms with Gasteiger partial charge in [0.1, 0.15) is 0 Å². The molecule has 126 valence electrons. The zero-order valence-corrected chi connectivity index (χ0v) is 14.6. The van der Waals surface area contributed by atoms with Crippen LogP contribution in [0.3, 0.4) is 0 Å². The molecule has 4 rings (SSSR count). The van der Waals surface area contributed by atoms with Crippen LogP contribution in [0.1, 0.15) is 35.8 Å². The Morgan fingerprint density at radius 3 is 2.96 bits per heavy atom. The molecule has 0 amide bonds. The van der Waals surface area contributed by atoms with Gasteiger partial charge in [0.15, 0.2) is 0 Å². The first-order valence-electron chi connectivity index (χ1n) is 8.66. The predicted octanol–water partition coefficient (Wildman–Crippen LogP) is 3.13. The van der Waals surface area contributed by atoms with Crippen LogP contribution in [-0.4, -0.2) is 28.6 Å². The highest BCUT2D eigenvalue weighted by molar-refractivity contribution is 5.85. The Kier molecular flexibility index (Phi) is 3.81. The van der Waals surface area contributed by atoms with E-state index in [1.54, 1.807) is 0 Å². The molecule has 0 radical (unpaired) electrons. The molecule has 2 aromatic heterocycles. The number of nitrogens with zero attached hydrogens (tertiary/aromatic N) is 3. The Labute approximate surface area is 142 Å². The zero-order chi connectivity index (χ0) is 16.7. The van der Waals surface area contributed by atoms with Crippen molar-refractivity contribution < 1.29 is 0 Å². The third kappa shape index (κ3) is 2.49. The van der Waals surface area contributed by atoms with Crippen LogP contribution in [0, 0.1) is 0 Å². The highest BCUT2D eigenvalue weighted by atomic mass is 15.3. The van der Waals surface area contributed by atoms with Crippen LogP contribution in [0.25, 0.3) is 10.9 Å². The van der Waals surface area contributed by atoms with Crippen LogP contribution < -0.4 is 10.2 Å². The van der Waals surface area contributed by atoms with Gasteiger partial charge in [-0.25, -0.2) is 4.98 Å². The molecule has 24 heavy (non-hydrogen) atoms. The minimum absolute atomic E-state index is 0.388. The van der Waals surface area contributed by atoms with Crippen molar-refractivity contribution in [2.75, 3.05) is 19.0 Å². The van der Waals surface area contributed by atoms with Crippen LogP contribution in [0.15, 0.2) is 30.5 Å². The zero-order valence-electron chi connectivity index (χ0n) is 14.6. The normalized spacial score (nSPS) is 17.2. The van der Waals surface area contributed by atoms with Crippen molar-refractivity contribution in [3.05, 3.63) is 47.4 Å². The van der Waals surface area contributed by atoms with E-state index in [1.165, 1.54) is 47.1 Å². The van der Waals surface area contributed by atoms with Gasteiger partial charge in [-0.3, -0.25) is 0 Å². The number of anilines is 1. The van der Waals surface area contributed by atoms with Gasteiger partial charge in [0.2, 0.25) is 5.95 Å². The van der Waals surface area contributed by atoms with E-state index >= 15 is 0 Å². The number of para-hydroxylation sites is 1. The van der Waals surface area contributed by atoms with Gasteiger partial charge in [-0.1, -0.05) is 18.2 Å². The molecule has 0 saturated heterocycles. The lowest BCUT2D eigenvalue weighted by Crippen LogP contribution is -2.26. The molecule has 5 heteroatoms. The van der Waals surface area contributed by atoms with Crippen LogP contribution in [0.4, 0.5) is 5.95 Å². The van der Waals surface area contributed by atoms with E-state index in [-0.39, 0.29) is 0 Å².